The van der Waals surface area contributed by atoms with E-state index in [-0.39, 0.29) is 0 Å². The number of fused-ring (bicyclic) bond motifs is 1. The van der Waals surface area contributed by atoms with E-state index in [9.17, 15) is 0 Å². The van der Waals surface area contributed by atoms with E-state index >= 15 is 0 Å². The molecule has 1 N–H and O–H groups in total. The van der Waals surface area contributed by atoms with Gasteiger partial charge in [-0.3, -0.25) is 0 Å². The number of rotatable bonds is 4. The van der Waals surface area contributed by atoms with E-state index in [0.29, 0.717) is 0 Å². The molecule has 5 rings (SSSR count). The Balaban J connectivity index is 1.55. The summed E-state index contributed by atoms with van der Waals surface area (Å²) in [5.74, 6) is 3.23. The molecule has 0 bridgehead atoms. The SMILES string of the molecule is CC[C@H]1CC2C3(CCC4(C)C(CCNC)CC[PH]243)C2(C)CCCCC12. The van der Waals surface area contributed by atoms with Gasteiger partial charge in [0.05, 0.1) is 0 Å². The van der Waals surface area contributed by atoms with Crippen molar-refractivity contribution in [1.29, 1.82) is 0 Å². The van der Waals surface area contributed by atoms with E-state index in [1.807, 2.05) is 0 Å². The molecule has 25 heavy (non-hydrogen) atoms. The van der Waals surface area contributed by atoms with Crippen LogP contribution in [0.3, 0.4) is 0 Å². The topological polar surface area (TPSA) is 12.0 Å². The van der Waals surface area contributed by atoms with Gasteiger partial charge in [0.2, 0.25) is 0 Å². The Kier molecular flexibility index (Phi) is 3.83. The summed E-state index contributed by atoms with van der Waals surface area (Å²) in [7, 11) is 1.04. The van der Waals surface area contributed by atoms with Crippen LogP contribution < -0.4 is 5.32 Å². The number of hydrogen-bond donors (Lipinski definition) is 1. The molecule has 7 atom stereocenters. The second-order valence-corrected chi connectivity index (χ2v) is 16.4. The summed E-state index contributed by atoms with van der Waals surface area (Å²) in [6.07, 6.45) is 17.4. The molecular weight excluding hydrogens is 321 g/mol. The standard InChI is InChI=1S/C23H42NP/c1-5-17-16-20-23(21(2)11-7-6-8-19(17)21)13-12-22(3)18(9-14-24-4)10-15-25(20,22)23/h17-20,24-25H,5-16H2,1-4H3/t17-,18?,19?,20?,21?,22?,23?/m0/s1. The van der Waals surface area contributed by atoms with E-state index in [2.05, 4.69) is 33.1 Å². The molecule has 2 saturated carbocycles. The monoisotopic (exact) mass is 363 g/mol. The van der Waals surface area contributed by atoms with Crippen LogP contribution in [0.4, 0.5) is 0 Å². The van der Waals surface area contributed by atoms with Crippen molar-refractivity contribution in [2.45, 2.75) is 101 Å². The summed E-state index contributed by atoms with van der Waals surface area (Å²) < 4.78 is 0. The van der Waals surface area contributed by atoms with Crippen LogP contribution in [0.1, 0.15) is 85.0 Å². The third kappa shape index (κ3) is 1.72. The second kappa shape index (κ2) is 5.47. The first-order valence-electron chi connectivity index (χ1n) is 11.7. The zero-order chi connectivity index (χ0) is 17.5. The average molecular weight is 364 g/mol. The Hall–Kier alpha value is 0.390. The van der Waals surface area contributed by atoms with Crippen LogP contribution in [0.2, 0.25) is 0 Å². The summed E-state index contributed by atoms with van der Waals surface area (Å²) >= 11 is 0. The fraction of sp³-hybridized carbons (Fsp3) is 1.00. The van der Waals surface area contributed by atoms with E-state index in [1.165, 1.54) is 31.5 Å². The van der Waals surface area contributed by atoms with Crippen molar-refractivity contribution in [1.82, 2.24) is 5.32 Å². The molecule has 1 nitrogen and oxygen atoms in total. The molecule has 3 heterocycles. The molecule has 3 saturated heterocycles. The molecule has 5 aliphatic rings. The molecule has 0 radical (unpaired) electrons. The van der Waals surface area contributed by atoms with Crippen molar-refractivity contribution < 1.29 is 0 Å². The Bertz CT molecular complexity index is 562. The fourth-order valence-electron chi connectivity index (χ4n) is 10.6. The predicted octanol–water partition coefficient (Wildman–Crippen LogP) is 5.67. The number of hydrogen-bond acceptors (Lipinski definition) is 1. The van der Waals surface area contributed by atoms with Crippen molar-refractivity contribution in [3.8, 4) is 0 Å². The van der Waals surface area contributed by atoms with Crippen LogP contribution in [0.5, 0.6) is 0 Å². The van der Waals surface area contributed by atoms with Crippen molar-refractivity contribution in [2.75, 3.05) is 19.8 Å². The van der Waals surface area contributed by atoms with E-state index in [1.54, 1.807) is 51.1 Å². The molecule has 5 fully saturated rings. The molecule has 2 heteroatoms. The normalized spacial score (nSPS) is 56.5. The minimum absolute atomic E-state index is 0.747. The average Bonchev–Trinajstić information content (AvgIpc) is 2.94. The summed E-state index contributed by atoms with van der Waals surface area (Å²) in [4.78, 5) is 0. The molecule has 144 valence electrons. The van der Waals surface area contributed by atoms with Gasteiger partial charge in [0, 0.05) is 0 Å². The van der Waals surface area contributed by atoms with Gasteiger partial charge in [-0.1, -0.05) is 0 Å². The van der Waals surface area contributed by atoms with Crippen molar-refractivity contribution in [3.63, 3.8) is 0 Å². The van der Waals surface area contributed by atoms with Gasteiger partial charge in [0.1, 0.15) is 0 Å². The van der Waals surface area contributed by atoms with Crippen LogP contribution in [0, 0.1) is 23.2 Å². The maximum atomic E-state index is 3.46. The van der Waals surface area contributed by atoms with Crippen LogP contribution in [0.15, 0.2) is 0 Å². The van der Waals surface area contributed by atoms with Gasteiger partial charge < -0.3 is 0 Å². The molecule has 0 amide bonds. The van der Waals surface area contributed by atoms with Crippen molar-refractivity contribution in [2.24, 2.45) is 23.2 Å². The third-order valence-electron chi connectivity index (χ3n) is 11.4. The third-order valence-corrected chi connectivity index (χ3v) is 19.6. The second-order valence-electron chi connectivity index (χ2n) is 11.2. The van der Waals surface area contributed by atoms with Crippen molar-refractivity contribution in [3.05, 3.63) is 0 Å². The van der Waals surface area contributed by atoms with Gasteiger partial charge in [-0.25, -0.2) is 0 Å². The van der Waals surface area contributed by atoms with Crippen molar-refractivity contribution >= 4 is 7.26 Å². The van der Waals surface area contributed by atoms with Gasteiger partial charge in [0.25, 0.3) is 0 Å². The molecule has 0 aromatic carbocycles. The van der Waals surface area contributed by atoms with Gasteiger partial charge >= 0.3 is 156 Å². The van der Waals surface area contributed by atoms with Gasteiger partial charge in [-0.05, 0) is 0 Å². The molecule has 3 aliphatic heterocycles. The molecule has 2 spiro atoms. The Labute approximate surface area is 156 Å². The van der Waals surface area contributed by atoms with Crippen LogP contribution in [0.25, 0.3) is 0 Å². The van der Waals surface area contributed by atoms with Gasteiger partial charge in [0.15, 0.2) is 0 Å². The Morgan fingerprint density at radius 2 is 1.92 bits per heavy atom. The molecule has 0 aromatic heterocycles. The zero-order valence-corrected chi connectivity index (χ0v) is 18.3. The summed E-state index contributed by atoms with van der Waals surface area (Å²) in [5.41, 5.74) is 1.99. The minimum atomic E-state index is -1.11. The molecule has 6 unspecified atom stereocenters. The summed E-state index contributed by atoms with van der Waals surface area (Å²) in [5, 5.41) is 5.17. The maximum absolute atomic E-state index is 3.46. The molecular formula is C23H42NP. The fourth-order valence-corrected chi connectivity index (χ4v) is 21.3. The van der Waals surface area contributed by atoms with E-state index in [4.69, 9.17) is 0 Å². The quantitative estimate of drug-likeness (QED) is 0.635. The van der Waals surface area contributed by atoms with Crippen LogP contribution >= 0.6 is 7.26 Å². The van der Waals surface area contributed by atoms with Gasteiger partial charge in [-0.2, -0.15) is 0 Å². The first kappa shape index (κ1) is 17.5. The number of nitrogens with one attached hydrogen (secondary N) is 1. The van der Waals surface area contributed by atoms with Crippen LogP contribution in [-0.4, -0.2) is 35.7 Å². The Morgan fingerprint density at radius 1 is 1.08 bits per heavy atom. The van der Waals surface area contributed by atoms with E-state index in [0.717, 1.165) is 33.5 Å². The zero-order valence-electron chi connectivity index (χ0n) is 17.3. The Morgan fingerprint density at radius 3 is 2.68 bits per heavy atom. The molecule has 2 aliphatic carbocycles. The predicted molar refractivity (Wildman–Crippen MR) is 112 cm³/mol. The summed E-state index contributed by atoms with van der Waals surface area (Å²) in [6, 6.07) is 0. The summed E-state index contributed by atoms with van der Waals surface area (Å²) in [6.45, 7) is 9.42. The first-order valence-corrected chi connectivity index (χ1v) is 13.9. The van der Waals surface area contributed by atoms with E-state index < -0.39 is 7.26 Å². The van der Waals surface area contributed by atoms with Crippen LogP contribution in [-0.2, 0) is 0 Å². The van der Waals surface area contributed by atoms with Gasteiger partial charge in [-0.15, -0.1) is 0 Å². The molecule has 0 aromatic rings. The first-order chi connectivity index (χ1) is 12.0.